The topological polar surface area (TPSA) is 110 Å². The number of nitrogens with zero attached hydrogens (tertiary/aromatic N) is 1. The van der Waals surface area contributed by atoms with Crippen molar-refractivity contribution in [3.05, 3.63) is 53.6 Å². The van der Waals surface area contributed by atoms with Crippen LogP contribution in [0.3, 0.4) is 0 Å². The largest absolute Gasteiger partial charge is 0.493 e. The molecule has 0 aliphatic heterocycles. The Morgan fingerprint density at radius 2 is 1.82 bits per heavy atom. The summed E-state index contributed by atoms with van der Waals surface area (Å²) in [6, 6.07) is 11.6. The fraction of sp³-hybridized carbons (Fsp3) is 0.167. The Labute approximate surface area is 158 Å². The highest BCUT2D eigenvalue weighted by atomic mass is 19.3. The summed E-state index contributed by atoms with van der Waals surface area (Å²) in [5.41, 5.74) is 4.81. The summed E-state index contributed by atoms with van der Waals surface area (Å²) in [5.74, 6) is -1.26. The van der Waals surface area contributed by atoms with Crippen LogP contribution in [0.25, 0.3) is 0 Å². The van der Waals surface area contributed by atoms with Gasteiger partial charge in [0.05, 0.1) is 18.7 Å². The number of methoxy groups -OCH3 is 1. The molecule has 0 bridgehead atoms. The van der Waals surface area contributed by atoms with Crippen molar-refractivity contribution in [2.75, 3.05) is 13.7 Å². The van der Waals surface area contributed by atoms with Crippen molar-refractivity contribution >= 4 is 11.8 Å². The number of alkyl halides is 2. The first kappa shape index (κ1) is 20.4. The molecule has 0 spiro atoms. The van der Waals surface area contributed by atoms with E-state index in [-0.39, 0.29) is 23.7 Å². The van der Waals surface area contributed by atoms with Gasteiger partial charge in [-0.2, -0.15) is 14.0 Å². The molecule has 0 radical (unpaired) electrons. The molecule has 0 aliphatic rings. The third kappa shape index (κ3) is 5.84. The van der Waals surface area contributed by atoms with E-state index in [9.17, 15) is 18.4 Å². The van der Waals surface area contributed by atoms with E-state index >= 15 is 0 Å². The molecule has 10 heteroatoms. The molecule has 0 aliphatic carbocycles. The van der Waals surface area contributed by atoms with Crippen molar-refractivity contribution in [2.24, 2.45) is 0 Å². The first-order valence-corrected chi connectivity index (χ1v) is 7.78. The third-order valence-electron chi connectivity index (χ3n) is 3.31. The van der Waals surface area contributed by atoms with Gasteiger partial charge in [0.1, 0.15) is 5.75 Å². The average molecular weight is 391 g/mol. The quantitative estimate of drug-likeness (QED) is 0.699. The van der Waals surface area contributed by atoms with Gasteiger partial charge in [0.2, 0.25) is 0 Å². The maximum atomic E-state index is 12.3. The molecule has 2 amide bonds. The van der Waals surface area contributed by atoms with Gasteiger partial charge in [-0.1, -0.05) is 0 Å². The van der Waals surface area contributed by atoms with E-state index in [2.05, 4.69) is 15.6 Å². The first-order chi connectivity index (χ1) is 13.4. The molecule has 0 unspecified atom stereocenters. The number of benzene rings is 2. The zero-order valence-electron chi connectivity index (χ0n) is 14.6. The summed E-state index contributed by atoms with van der Waals surface area (Å²) in [4.78, 5) is 23.8. The minimum atomic E-state index is -3.04. The van der Waals surface area contributed by atoms with Gasteiger partial charge in [-0.05, 0) is 42.5 Å². The Morgan fingerprint density at radius 1 is 1.11 bits per heavy atom. The average Bonchev–Trinajstić information content (AvgIpc) is 2.70. The van der Waals surface area contributed by atoms with Crippen molar-refractivity contribution in [3.8, 4) is 23.3 Å². The number of carbonyl (C=O) groups excluding carboxylic acids is 2. The van der Waals surface area contributed by atoms with Gasteiger partial charge >= 0.3 is 6.61 Å². The van der Waals surface area contributed by atoms with Crippen molar-refractivity contribution in [3.63, 3.8) is 0 Å². The standard InChI is InChI=1S/C18H15F2N3O5/c1-26-15-8-12(4-7-14(15)28-18(19)20)17(25)23-22-16(24)10-27-13-5-2-11(9-21)3-6-13/h2-8,18H,10H2,1H3,(H,22,24)(H,23,25). The highest BCUT2D eigenvalue weighted by molar-refractivity contribution is 5.96. The van der Waals surface area contributed by atoms with Crippen molar-refractivity contribution < 1.29 is 32.6 Å². The SMILES string of the molecule is COc1cc(C(=O)NNC(=O)COc2ccc(C#N)cc2)ccc1OC(F)F. The zero-order valence-corrected chi connectivity index (χ0v) is 14.6. The van der Waals surface area contributed by atoms with Gasteiger partial charge < -0.3 is 14.2 Å². The maximum absolute atomic E-state index is 12.3. The van der Waals surface area contributed by atoms with Crippen LogP contribution in [-0.2, 0) is 4.79 Å². The molecule has 2 N–H and O–H groups in total. The summed E-state index contributed by atoms with van der Waals surface area (Å²) in [5, 5.41) is 8.71. The summed E-state index contributed by atoms with van der Waals surface area (Å²) < 4.78 is 39.0. The van der Waals surface area contributed by atoms with E-state index < -0.39 is 18.4 Å². The van der Waals surface area contributed by atoms with Crippen LogP contribution < -0.4 is 25.1 Å². The van der Waals surface area contributed by atoms with Crippen LogP contribution in [0.2, 0.25) is 0 Å². The highest BCUT2D eigenvalue weighted by Crippen LogP contribution is 2.29. The minimum absolute atomic E-state index is 0.0479. The number of ether oxygens (including phenoxy) is 3. The predicted molar refractivity (Wildman–Crippen MR) is 91.9 cm³/mol. The van der Waals surface area contributed by atoms with Crippen molar-refractivity contribution in [2.45, 2.75) is 6.61 Å². The zero-order chi connectivity index (χ0) is 20.5. The summed E-state index contributed by atoms with van der Waals surface area (Å²) in [7, 11) is 1.23. The molecule has 2 aromatic rings. The maximum Gasteiger partial charge on any atom is 0.387 e. The van der Waals surface area contributed by atoms with Gasteiger partial charge in [-0.3, -0.25) is 20.4 Å². The monoisotopic (exact) mass is 391 g/mol. The second-order valence-electron chi connectivity index (χ2n) is 5.17. The van der Waals surface area contributed by atoms with E-state index in [1.165, 1.54) is 43.5 Å². The van der Waals surface area contributed by atoms with E-state index in [0.29, 0.717) is 11.3 Å². The van der Waals surface area contributed by atoms with Crippen molar-refractivity contribution in [1.29, 1.82) is 5.26 Å². The molecule has 0 aromatic heterocycles. The molecule has 0 heterocycles. The molecule has 146 valence electrons. The highest BCUT2D eigenvalue weighted by Gasteiger charge is 2.14. The molecule has 8 nitrogen and oxygen atoms in total. The van der Waals surface area contributed by atoms with Crippen LogP contribution >= 0.6 is 0 Å². The van der Waals surface area contributed by atoms with Crippen LogP contribution in [0.5, 0.6) is 17.2 Å². The van der Waals surface area contributed by atoms with Gasteiger partial charge in [0, 0.05) is 5.56 Å². The number of halogens is 2. The lowest BCUT2D eigenvalue weighted by Gasteiger charge is -2.12. The number of hydrazine groups is 1. The lowest BCUT2D eigenvalue weighted by atomic mass is 10.2. The van der Waals surface area contributed by atoms with Gasteiger partial charge in [-0.25, -0.2) is 0 Å². The number of nitriles is 1. The van der Waals surface area contributed by atoms with Crippen molar-refractivity contribution in [1.82, 2.24) is 10.9 Å². The molecule has 0 atom stereocenters. The predicted octanol–water partition coefficient (Wildman–Crippen LogP) is 2.01. The molecule has 2 aromatic carbocycles. The van der Waals surface area contributed by atoms with Gasteiger partial charge in [0.25, 0.3) is 11.8 Å². The Kier molecular flexibility index (Phi) is 7.10. The number of rotatable bonds is 7. The molecule has 28 heavy (non-hydrogen) atoms. The minimum Gasteiger partial charge on any atom is -0.493 e. The molecule has 0 saturated carbocycles. The summed E-state index contributed by atoms with van der Waals surface area (Å²) in [6.07, 6.45) is 0. The fourth-order valence-corrected chi connectivity index (χ4v) is 2.01. The van der Waals surface area contributed by atoms with Gasteiger partial charge in [0.15, 0.2) is 18.1 Å². The molecular formula is C18H15F2N3O5. The lowest BCUT2D eigenvalue weighted by molar-refractivity contribution is -0.123. The fourth-order valence-electron chi connectivity index (χ4n) is 2.01. The summed E-state index contributed by atoms with van der Waals surface area (Å²) in [6.45, 7) is -3.42. The Balaban J connectivity index is 1.86. The first-order valence-electron chi connectivity index (χ1n) is 7.78. The van der Waals surface area contributed by atoms with Crippen LogP contribution in [0.4, 0.5) is 8.78 Å². The second kappa shape index (κ2) is 9.72. The summed E-state index contributed by atoms with van der Waals surface area (Å²) >= 11 is 0. The third-order valence-corrected chi connectivity index (χ3v) is 3.31. The second-order valence-corrected chi connectivity index (χ2v) is 5.17. The molecular weight excluding hydrogens is 376 g/mol. The number of nitrogens with one attached hydrogen (secondary N) is 2. The smallest absolute Gasteiger partial charge is 0.387 e. The van der Waals surface area contributed by atoms with Crippen LogP contribution in [0, 0.1) is 11.3 Å². The van der Waals surface area contributed by atoms with E-state index in [1.54, 1.807) is 0 Å². The Hall–Kier alpha value is -3.87. The molecule has 0 fully saturated rings. The van der Waals surface area contributed by atoms with Crippen LogP contribution in [0.15, 0.2) is 42.5 Å². The van der Waals surface area contributed by atoms with E-state index in [4.69, 9.17) is 14.7 Å². The molecule has 2 rings (SSSR count). The lowest BCUT2D eigenvalue weighted by Crippen LogP contribution is -2.43. The van der Waals surface area contributed by atoms with E-state index in [0.717, 1.165) is 6.07 Å². The number of hydrogen-bond donors (Lipinski definition) is 2. The normalized spacial score (nSPS) is 9.96. The van der Waals surface area contributed by atoms with E-state index in [1.807, 2.05) is 6.07 Å². The molecule has 0 saturated heterocycles. The van der Waals surface area contributed by atoms with Crippen LogP contribution in [0.1, 0.15) is 15.9 Å². The number of carbonyl (C=O) groups is 2. The van der Waals surface area contributed by atoms with Gasteiger partial charge in [-0.15, -0.1) is 0 Å². The number of amides is 2. The number of hydrogen-bond acceptors (Lipinski definition) is 6. The Bertz CT molecular complexity index is 882. The van der Waals surface area contributed by atoms with Crippen LogP contribution in [-0.4, -0.2) is 32.1 Å². The Morgan fingerprint density at radius 3 is 2.43 bits per heavy atom.